The van der Waals surface area contributed by atoms with Gasteiger partial charge >= 0.3 is 12.0 Å². The number of nitrogens with two attached hydrogens (primary N) is 1. The standard InChI is InChI=1S/C12H19N3O4/c1-7(14-11(13)19)9(16)15-5-8-3-2-4-12(8,6-15)10(17)18/h7-8H,2-6H2,1H3,(H,17,18)(H3,13,14,19)/t7?,8-,12+/m0/s1. The molecule has 1 aliphatic carbocycles. The Bertz CT molecular complexity index is 425. The van der Waals surface area contributed by atoms with E-state index in [2.05, 4.69) is 5.32 Å². The number of aliphatic carboxylic acids is 1. The van der Waals surface area contributed by atoms with Crippen LogP contribution in [0.1, 0.15) is 26.2 Å². The Hall–Kier alpha value is -1.79. The van der Waals surface area contributed by atoms with Crippen molar-refractivity contribution in [2.45, 2.75) is 32.2 Å². The molecule has 7 nitrogen and oxygen atoms in total. The fourth-order valence-electron chi connectivity index (χ4n) is 3.36. The highest BCUT2D eigenvalue weighted by atomic mass is 16.4. The summed E-state index contributed by atoms with van der Waals surface area (Å²) in [5, 5.41) is 11.8. The lowest BCUT2D eigenvalue weighted by Crippen LogP contribution is -2.48. The van der Waals surface area contributed by atoms with Gasteiger partial charge in [0.25, 0.3) is 0 Å². The number of amides is 3. The molecule has 2 rings (SSSR count). The Morgan fingerprint density at radius 2 is 2.16 bits per heavy atom. The Kier molecular flexibility index (Phi) is 3.38. The smallest absolute Gasteiger partial charge is 0.312 e. The van der Waals surface area contributed by atoms with Gasteiger partial charge < -0.3 is 21.1 Å². The number of fused-ring (bicyclic) bond motifs is 1. The summed E-state index contributed by atoms with van der Waals surface area (Å²) in [5.74, 6) is -1.07. The minimum absolute atomic E-state index is 0.0229. The molecule has 1 heterocycles. The van der Waals surface area contributed by atoms with Gasteiger partial charge in [0.2, 0.25) is 5.91 Å². The second kappa shape index (κ2) is 4.71. The van der Waals surface area contributed by atoms with E-state index in [1.807, 2.05) is 0 Å². The van der Waals surface area contributed by atoms with Crippen LogP contribution in [0.2, 0.25) is 0 Å². The zero-order valence-corrected chi connectivity index (χ0v) is 10.9. The number of urea groups is 1. The van der Waals surface area contributed by atoms with Gasteiger partial charge in [0.1, 0.15) is 6.04 Å². The van der Waals surface area contributed by atoms with E-state index >= 15 is 0 Å². The Morgan fingerprint density at radius 1 is 1.47 bits per heavy atom. The number of hydrogen-bond donors (Lipinski definition) is 3. The van der Waals surface area contributed by atoms with Crippen molar-refractivity contribution in [2.24, 2.45) is 17.1 Å². The second-order valence-corrected chi connectivity index (χ2v) is 5.50. The maximum Gasteiger partial charge on any atom is 0.312 e. The maximum atomic E-state index is 12.1. The van der Waals surface area contributed by atoms with E-state index in [1.54, 1.807) is 11.8 Å². The van der Waals surface area contributed by atoms with Gasteiger partial charge in [0.15, 0.2) is 0 Å². The average Bonchev–Trinajstić information content (AvgIpc) is 2.83. The largest absolute Gasteiger partial charge is 0.481 e. The van der Waals surface area contributed by atoms with Gasteiger partial charge in [-0.25, -0.2) is 4.79 Å². The highest BCUT2D eigenvalue weighted by Gasteiger charge is 2.56. The Labute approximate surface area is 111 Å². The van der Waals surface area contributed by atoms with Crippen molar-refractivity contribution in [3.05, 3.63) is 0 Å². The molecule has 19 heavy (non-hydrogen) atoms. The number of likely N-dealkylation sites (tertiary alicyclic amines) is 1. The first-order valence-electron chi connectivity index (χ1n) is 6.45. The van der Waals surface area contributed by atoms with Crippen molar-refractivity contribution < 1.29 is 19.5 Å². The molecule has 0 spiro atoms. The van der Waals surface area contributed by atoms with Crippen molar-refractivity contribution in [3.63, 3.8) is 0 Å². The lowest BCUT2D eigenvalue weighted by molar-refractivity contribution is -0.149. The molecule has 106 valence electrons. The third kappa shape index (κ3) is 2.24. The maximum absolute atomic E-state index is 12.1. The predicted molar refractivity (Wildman–Crippen MR) is 66.2 cm³/mol. The van der Waals surface area contributed by atoms with Crippen LogP contribution in [0.25, 0.3) is 0 Å². The van der Waals surface area contributed by atoms with Gasteiger partial charge in [-0.3, -0.25) is 9.59 Å². The van der Waals surface area contributed by atoms with E-state index < -0.39 is 23.5 Å². The molecule has 3 amide bonds. The summed E-state index contributed by atoms with van der Waals surface area (Å²) in [6.07, 6.45) is 2.36. The molecular weight excluding hydrogens is 250 g/mol. The van der Waals surface area contributed by atoms with Crippen LogP contribution in [0.3, 0.4) is 0 Å². The number of carboxylic acids is 1. The molecule has 7 heteroatoms. The number of carbonyl (C=O) groups is 3. The molecular formula is C12H19N3O4. The summed E-state index contributed by atoms with van der Waals surface area (Å²) < 4.78 is 0. The van der Waals surface area contributed by atoms with Crippen molar-refractivity contribution in [3.8, 4) is 0 Å². The van der Waals surface area contributed by atoms with E-state index in [4.69, 9.17) is 5.73 Å². The van der Waals surface area contributed by atoms with Crippen LogP contribution in [0.15, 0.2) is 0 Å². The average molecular weight is 269 g/mol. The summed E-state index contributed by atoms with van der Waals surface area (Å²) in [6.45, 7) is 2.24. The highest BCUT2D eigenvalue weighted by Crippen LogP contribution is 2.48. The first-order valence-corrected chi connectivity index (χ1v) is 6.45. The molecule has 0 bridgehead atoms. The molecule has 0 aromatic rings. The number of nitrogens with one attached hydrogen (secondary N) is 1. The topological polar surface area (TPSA) is 113 Å². The number of rotatable bonds is 3. The molecule has 0 radical (unpaired) electrons. The fraction of sp³-hybridized carbons (Fsp3) is 0.750. The minimum Gasteiger partial charge on any atom is -0.481 e. The number of carbonyl (C=O) groups excluding carboxylic acids is 2. The molecule has 0 aromatic carbocycles. The SMILES string of the molecule is CC(NC(N)=O)C(=O)N1C[C@@H]2CCC[C@@]2(C(=O)O)C1. The highest BCUT2D eigenvalue weighted by molar-refractivity contribution is 5.87. The summed E-state index contributed by atoms with van der Waals surface area (Å²) in [4.78, 5) is 35.9. The molecule has 2 aliphatic rings. The Balaban J connectivity index is 2.07. The number of hydrogen-bond acceptors (Lipinski definition) is 3. The predicted octanol–water partition coefficient (Wildman–Crippen LogP) is -0.243. The van der Waals surface area contributed by atoms with Crippen molar-refractivity contribution in [1.29, 1.82) is 0 Å². The third-order valence-corrected chi connectivity index (χ3v) is 4.34. The van der Waals surface area contributed by atoms with E-state index in [0.717, 1.165) is 12.8 Å². The van der Waals surface area contributed by atoms with E-state index in [9.17, 15) is 19.5 Å². The summed E-state index contributed by atoms with van der Waals surface area (Å²) >= 11 is 0. The van der Waals surface area contributed by atoms with Gasteiger partial charge in [-0.1, -0.05) is 6.42 Å². The zero-order chi connectivity index (χ0) is 14.2. The van der Waals surface area contributed by atoms with Crippen LogP contribution in [0.4, 0.5) is 4.79 Å². The van der Waals surface area contributed by atoms with E-state index in [0.29, 0.717) is 13.0 Å². The second-order valence-electron chi connectivity index (χ2n) is 5.50. The lowest BCUT2D eigenvalue weighted by Gasteiger charge is -2.24. The summed E-state index contributed by atoms with van der Waals surface area (Å²) in [5.41, 5.74) is 4.19. The molecule has 1 saturated heterocycles. The molecule has 2 fully saturated rings. The van der Waals surface area contributed by atoms with Gasteiger partial charge in [-0.2, -0.15) is 0 Å². The number of nitrogens with zero attached hydrogens (tertiary/aromatic N) is 1. The van der Waals surface area contributed by atoms with Gasteiger partial charge in [0.05, 0.1) is 5.41 Å². The van der Waals surface area contributed by atoms with Crippen molar-refractivity contribution in [2.75, 3.05) is 13.1 Å². The fourth-order valence-corrected chi connectivity index (χ4v) is 3.36. The monoisotopic (exact) mass is 269 g/mol. The van der Waals surface area contributed by atoms with Crippen molar-refractivity contribution >= 4 is 17.9 Å². The molecule has 4 N–H and O–H groups in total. The van der Waals surface area contributed by atoms with Gasteiger partial charge in [0, 0.05) is 13.1 Å². The number of carboxylic acid groups (broad SMARTS) is 1. The first-order chi connectivity index (χ1) is 8.86. The van der Waals surface area contributed by atoms with E-state index in [-0.39, 0.29) is 18.4 Å². The molecule has 1 aliphatic heterocycles. The molecule has 1 unspecified atom stereocenters. The van der Waals surface area contributed by atoms with Gasteiger partial charge in [-0.05, 0) is 25.7 Å². The summed E-state index contributed by atoms with van der Waals surface area (Å²) in [6, 6.07) is -1.48. The normalized spacial score (nSPS) is 30.8. The van der Waals surface area contributed by atoms with Crippen LogP contribution < -0.4 is 11.1 Å². The van der Waals surface area contributed by atoms with Crippen LogP contribution in [0, 0.1) is 11.3 Å². The van der Waals surface area contributed by atoms with Crippen LogP contribution in [-0.4, -0.2) is 47.0 Å². The molecule has 3 atom stereocenters. The van der Waals surface area contributed by atoms with E-state index in [1.165, 1.54) is 0 Å². The zero-order valence-electron chi connectivity index (χ0n) is 10.9. The minimum atomic E-state index is -0.819. The summed E-state index contributed by atoms with van der Waals surface area (Å²) in [7, 11) is 0. The molecule has 0 aromatic heterocycles. The lowest BCUT2D eigenvalue weighted by atomic mass is 9.81. The molecule has 1 saturated carbocycles. The quantitative estimate of drug-likeness (QED) is 0.656. The Morgan fingerprint density at radius 3 is 2.68 bits per heavy atom. The number of primary amides is 1. The van der Waals surface area contributed by atoms with Crippen LogP contribution in [-0.2, 0) is 9.59 Å². The third-order valence-electron chi connectivity index (χ3n) is 4.34. The van der Waals surface area contributed by atoms with Crippen LogP contribution in [0.5, 0.6) is 0 Å². The van der Waals surface area contributed by atoms with Gasteiger partial charge in [-0.15, -0.1) is 0 Å². The van der Waals surface area contributed by atoms with Crippen molar-refractivity contribution in [1.82, 2.24) is 10.2 Å². The first kappa shape index (κ1) is 13.6. The van der Waals surface area contributed by atoms with Crippen LogP contribution >= 0.6 is 0 Å².